The number of hydrogen-bond donors (Lipinski definition) is 2. The summed E-state index contributed by atoms with van der Waals surface area (Å²) in [5, 5.41) is 17.3. The fourth-order valence-corrected chi connectivity index (χ4v) is 2.94. The Morgan fingerprint density at radius 2 is 1.86 bits per heavy atom. The first kappa shape index (κ1) is 19.4. The molecule has 0 radical (unpaired) electrons. The number of carbonyl (C=O) groups excluding carboxylic acids is 1. The lowest BCUT2D eigenvalue weighted by Crippen LogP contribution is -2.43. The van der Waals surface area contributed by atoms with Crippen molar-refractivity contribution >= 4 is 23.0 Å². The SMILES string of the molecule is COc1ccc(OCC(=O)Nc2ccc(N3CCNCC3)c([N+](=O)[O-])c2)cc1. The first-order valence-electron chi connectivity index (χ1n) is 8.87. The van der Waals surface area contributed by atoms with Gasteiger partial charge in [-0.25, -0.2) is 0 Å². The average molecular weight is 386 g/mol. The standard InChI is InChI=1S/C19H22N4O5/c1-27-15-3-5-16(6-4-15)28-13-19(24)21-14-2-7-17(18(12-14)23(25)26)22-10-8-20-9-11-22/h2-7,12,20H,8-11,13H2,1H3,(H,21,24). The van der Waals surface area contributed by atoms with Crippen LogP contribution in [0.2, 0.25) is 0 Å². The zero-order valence-electron chi connectivity index (χ0n) is 15.5. The molecule has 28 heavy (non-hydrogen) atoms. The summed E-state index contributed by atoms with van der Waals surface area (Å²) in [6, 6.07) is 11.6. The molecule has 1 aliphatic heterocycles. The highest BCUT2D eigenvalue weighted by Crippen LogP contribution is 2.31. The number of nitrogens with one attached hydrogen (secondary N) is 2. The van der Waals surface area contributed by atoms with Gasteiger partial charge in [-0.1, -0.05) is 0 Å². The third-order valence-electron chi connectivity index (χ3n) is 4.34. The van der Waals surface area contributed by atoms with Gasteiger partial charge in [0.25, 0.3) is 11.6 Å². The van der Waals surface area contributed by atoms with Crippen molar-refractivity contribution in [2.24, 2.45) is 0 Å². The maximum atomic E-state index is 12.1. The van der Waals surface area contributed by atoms with Crippen LogP contribution in [-0.2, 0) is 4.79 Å². The molecule has 1 amide bonds. The molecule has 9 heteroatoms. The van der Waals surface area contributed by atoms with Crippen LogP contribution in [0.25, 0.3) is 0 Å². The first-order chi connectivity index (χ1) is 13.6. The molecule has 3 rings (SSSR count). The van der Waals surface area contributed by atoms with Gasteiger partial charge in [0.1, 0.15) is 17.2 Å². The number of methoxy groups -OCH3 is 1. The predicted octanol–water partition coefficient (Wildman–Crippen LogP) is 2.03. The van der Waals surface area contributed by atoms with E-state index < -0.39 is 10.8 Å². The molecule has 2 aromatic rings. The van der Waals surface area contributed by atoms with Crippen LogP contribution in [0.1, 0.15) is 0 Å². The van der Waals surface area contributed by atoms with Gasteiger partial charge in [0.05, 0.1) is 12.0 Å². The summed E-state index contributed by atoms with van der Waals surface area (Å²) in [4.78, 5) is 25.1. The highest BCUT2D eigenvalue weighted by Gasteiger charge is 2.22. The molecule has 0 unspecified atom stereocenters. The number of rotatable bonds is 7. The number of carbonyl (C=O) groups is 1. The second kappa shape index (κ2) is 9.05. The molecule has 0 atom stereocenters. The van der Waals surface area contributed by atoms with Crippen LogP contribution in [0.3, 0.4) is 0 Å². The van der Waals surface area contributed by atoms with Gasteiger partial charge in [0, 0.05) is 37.9 Å². The molecule has 0 aliphatic carbocycles. The summed E-state index contributed by atoms with van der Waals surface area (Å²) in [6.07, 6.45) is 0. The maximum Gasteiger partial charge on any atom is 0.294 e. The van der Waals surface area contributed by atoms with E-state index in [0.29, 0.717) is 36.0 Å². The van der Waals surface area contributed by atoms with Gasteiger partial charge in [-0.3, -0.25) is 14.9 Å². The topological polar surface area (TPSA) is 106 Å². The van der Waals surface area contributed by atoms with Crippen molar-refractivity contribution in [3.05, 3.63) is 52.6 Å². The molecule has 1 heterocycles. The van der Waals surface area contributed by atoms with E-state index >= 15 is 0 Å². The monoisotopic (exact) mass is 386 g/mol. The zero-order valence-corrected chi connectivity index (χ0v) is 15.5. The number of nitrogens with zero attached hydrogens (tertiary/aromatic N) is 2. The number of amides is 1. The zero-order chi connectivity index (χ0) is 19.9. The summed E-state index contributed by atoms with van der Waals surface area (Å²) in [5.74, 6) is 0.810. The molecule has 2 aromatic carbocycles. The van der Waals surface area contributed by atoms with Crippen molar-refractivity contribution in [1.82, 2.24) is 5.32 Å². The molecule has 1 saturated heterocycles. The Hall–Kier alpha value is -3.33. The number of nitro benzene ring substituents is 1. The van der Waals surface area contributed by atoms with Gasteiger partial charge in [-0.05, 0) is 36.4 Å². The fourth-order valence-electron chi connectivity index (χ4n) is 2.94. The van der Waals surface area contributed by atoms with Gasteiger partial charge < -0.3 is 25.0 Å². The molecule has 0 aromatic heterocycles. The molecular formula is C19H22N4O5. The number of nitro groups is 1. The van der Waals surface area contributed by atoms with Crippen LogP contribution in [0.4, 0.5) is 17.1 Å². The number of hydrogen-bond acceptors (Lipinski definition) is 7. The van der Waals surface area contributed by atoms with E-state index in [2.05, 4.69) is 10.6 Å². The smallest absolute Gasteiger partial charge is 0.294 e. The second-order valence-electron chi connectivity index (χ2n) is 6.21. The first-order valence-corrected chi connectivity index (χ1v) is 8.87. The van der Waals surface area contributed by atoms with E-state index in [4.69, 9.17) is 9.47 Å². The third-order valence-corrected chi connectivity index (χ3v) is 4.34. The molecular weight excluding hydrogens is 364 g/mol. The van der Waals surface area contributed by atoms with E-state index in [9.17, 15) is 14.9 Å². The lowest BCUT2D eigenvalue weighted by atomic mass is 10.2. The minimum atomic E-state index is -0.430. The van der Waals surface area contributed by atoms with Gasteiger partial charge in [0.2, 0.25) is 0 Å². The molecule has 1 fully saturated rings. The van der Waals surface area contributed by atoms with E-state index in [-0.39, 0.29) is 12.3 Å². The summed E-state index contributed by atoms with van der Waals surface area (Å²) in [5.41, 5.74) is 0.878. The fraction of sp³-hybridized carbons (Fsp3) is 0.316. The van der Waals surface area contributed by atoms with Crippen molar-refractivity contribution in [3.63, 3.8) is 0 Å². The highest BCUT2D eigenvalue weighted by atomic mass is 16.6. The normalized spacial score (nSPS) is 13.7. The molecule has 0 spiro atoms. The third kappa shape index (κ3) is 4.89. The summed E-state index contributed by atoms with van der Waals surface area (Å²) >= 11 is 0. The van der Waals surface area contributed by atoms with Crippen molar-refractivity contribution in [3.8, 4) is 11.5 Å². The molecule has 1 aliphatic rings. The van der Waals surface area contributed by atoms with Crippen LogP contribution in [0.15, 0.2) is 42.5 Å². The Labute approximate surface area is 162 Å². The molecule has 0 bridgehead atoms. The quantitative estimate of drug-likeness (QED) is 0.554. The molecule has 9 nitrogen and oxygen atoms in total. The van der Waals surface area contributed by atoms with Crippen LogP contribution in [-0.4, -0.2) is 50.7 Å². The largest absolute Gasteiger partial charge is 0.497 e. The summed E-state index contributed by atoms with van der Waals surface area (Å²) in [6.45, 7) is 2.74. The number of benzene rings is 2. The van der Waals surface area contributed by atoms with E-state index in [1.165, 1.54) is 6.07 Å². The minimum absolute atomic E-state index is 0.0317. The summed E-state index contributed by atoms with van der Waals surface area (Å²) < 4.78 is 10.5. The van der Waals surface area contributed by atoms with E-state index in [0.717, 1.165) is 13.1 Å². The van der Waals surface area contributed by atoms with Crippen molar-refractivity contribution in [2.75, 3.05) is 50.1 Å². The van der Waals surface area contributed by atoms with Crippen LogP contribution < -0.4 is 25.0 Å². The number of piperazine rings is 1. The predicted molar refractivity (Wildman–Crippen MR) is 105 cm³/mol. The second-order valence-corrected chi connectivity index (χ2v) is 6.21. The highest BCUT2D eigenvalue weighted by molar-refractivity contribution is 5.92. The summed E-state index contributed by atoms with van der Waals surface area (Å²) in [7, 11) is 1.57. The van der Waals surface area contributed by atoms with Gasteiger partial charge in [-0.2, -0.15) is 0 Å². The molecule has 148 valence electrons. The molecule has 0 saturated carbocycles. The number of anilines is 2. The Bertz CT molecular complexity index is 835. The average Bonchev–Trinajstić information content (AvgIpc) is 2.73. The lowest BCUT2D eigenvalue weighted by molar-refractivity contribution is -0.384. The lowest BCUT2D eigenvalue weighted by Gasteiger charge is -2.29. The maximum absolute atomic E-state index is 12.1. The Kier molecular flexibility index (Phi) is 6.28. The van der Waals surface area contributed by atoms with Crippen LogP contribution >= 0.6 is 0 Å². The van der Waals surface area contributed by atoms with E-state index in [1.54, 1.807) is 43.5 Å². The molecule has 2 N–H and O–H groups in total. The number of ether oxygens (including phenoxy) is 2. The van der Waals surface area contributed by atoms with Crippen LogP contribution in [0.5, 0.6) is 11.5 Å². The van der Waals surface area contributed by atoms with Gasteiger partial charge in [-0.15, -0.1) is 0 Å². The van der Waals surface area contributed by atoms with Gasteiger partial charge in [0.15, 0.2) is 6.61 Å². The Balaban J connectivity index is 1.63. The van der Waals surface area contributed by atoms with E-state index in [1.807, 2.05) is 4.90 Å². The Morgan fingerprint density at radius 1 is 1.18 bits per heavy atom. The van der Waals surface area contributed by atoms with Gasteiger partial charge >= 0.3 is 0 Å². The minimum Gasteiger partial charge on any atom is -0.497 e. The van der Waals surface area contributed by atoms with Crippen molar-refractivity contribution in [2.45, 2.75) is 0 Å². The van der Waals surface area contributed by atoms with Crippen molar-refractivity contribution in [1.29, 1.82) is 0 Å². The van der Waals surface area contributed by atoms with Crippen molar-refractivity contribution < 1.29 is 19.2 Å². The van der Waals surface area contributed by atoms with Crippen LogP contribution in [0, 0.1) is 10.1 Å². The Morgan fingerprint density at radius 3 is 2.50 bits per heavy atom.